The number of nitro benzene ring substituents is 1. The van der Waals surface area contributed by atoms with Gasteiger partial charge in [-0.05, 0) is 51.6 Å². The molecular weight excluding hydrogens is 490 g/mol. The molecule has 0 bridgehead atoms. The SMILES string of the molecule is CN[C@@H](C)C(=O)N[C@H](C(=O)N1CCCC1C(=O)Nc1ccnn1-c1cccc([N+](=O)[O-])c1)C1CCCCC1. The lowest BCUT2D eigenvalue weighted by Crippen LogP contribution is -2.57. The van der Waals surface area contributed by atoms with Gasteiger partial charge in [0.05, 0.1) is 22.8 Å². The Morgan fingerprint density at radius 1 is 1.11 bits per heavy atom. The smallest absolute Gasteiger partial charge is 0.271 e. The standard InChI is InChI=1S/C26H35N7O5/c1-17(27-2)24(34)30-23(18-8-4-3-5-9-18)26(36)31-15-7-12-21(31)25(35)29-22-13-14-28-32(22)19-10-6-11-20(16-19)33(37)38/h6,10-11,13-14,16-18,21,23,27H,3-5,7-9,12,15H2,1-2H3,(H,29,35)(H,30,34)/t17-,21?,23-/m0/s1. The number of amides is 3. The zero-order chi connectivity index (χ0) is 27.2. The second kappa shape index (κ2) is 12.2. The van der Waals surface area contributed by atoms with Crippen LogP contribution >= 0.6 is 0 Å². The number of likely N-dealkylation sites (N-methyl/N-ethyl adjacent to an activating group) is 1. The average molecular weight is 526 g/mol. The van der Waals surface area contributed by atoms with Gasteiger partial charge in [0.2, 0.25) is 17.7 Å². The van der Waals surface area contributed by atoms with Crippen molar-refractivity contribution in [3.8, 4) is 5.69 Å². The molecule has 1 saturated heterocycles. The third-order valence-corrected chi connectivity index (χ3v) is 7.53. The molecule has 12 nitrogen and oxygen atoms in total. The summed E-state index contributed by atoms with van der Waals surface area (Å²) in [6.45, 7) is 2.18. The Hall–Kier alpha value is -3.80. The molecule has 3 atom stereocenters. The summed E-state index contributed by atoms with van der Waals surface area (Å²) in [4.78, 5) is 52.3. The first-order valence-corrected chi connectivity index (χ1v) is 13.2. The molecule has 1 aliphatic carbocycles. The number of aromatic nitrogens is 2. The molecule has 1 saturated carbocycles. The Morgan fingerprint density at radius 3 is 2.58 bits per heavy atom. The lowest BCUT2D eigenvalue weighted by molar-refractivity contribution is -0.384. The highest BCUT2D eigenvalue weighted by Gasteiger charge is 2.41. The van der Waals surface area contributed by atoms with Gasteiger partial charge in [-0.25, -0.2) is 4.68 Å². The third-order valence-electron chi connectivity index (χ3n) is 7.53. The maximum Gasteiger partial charge on any atom is 0.271 e. The van der Waals surface area contributed by atoms with Crippen LogP contribution in [0.3, 0.4) is 0 Å². The molecule has 2 heterocycles. The average Bonchev–Trinajstić information content (AvgIpc) is 3.61. The molecule has 2 aliphatic rings. The number of benzene rings is 1. The summed E-state index contributed by atoms with van der Waals surface area (Å²) in [5, 5.41) is 24.1. The van der Waals surface area contributed by atoms with E-state index in [1.807, 2.05) is 0 Å². The van der Waals surface area contributed by atoms with E-state index < -0.39 is 23.0 Å². The summed E-state index contributed by atoms with van der Waals surface area (Å²) in [5.74, 6) is -0.449. The number of carbonyl (C=O) groups excluding carboxylic acids is 3. The predicted molar refractivity (Wildman–Crippen MR) is 141 cm³/mol. The molecule has 1 aliphatic heterocycles. The van der Waals surface area contributed by atoms with E-state index in [-0.39, 0.29) is 29.3 Å². The van der Waals surface area contributed by atoms with Crippen molar-refractivity contribution in [2.45, 2.75) is 70.0 Å². The Morgan fingerprint density at radius 2 is 1.87 bits per heavy atom. The zero-order valence-corrected chi connectivity index (χ0v) is 21.8. The molecule has 2 fully saturated rings. The van der Waals surface area contributed by atoms with Gasteiger partial charge in [-0.1, -0.05) is 25.3 Å². The van der Waals surface area contributed by atoms with Gasteiger partial charge in [0.25, 0.3) is 5.69 Å². The van der Waals surface area contributed by atoms with Gasteiger partial charge in [0.15, 0.2) is 0 Å². The van der Waals surface area contributed by atoms with Crippen LogP contribution in [0.15, 0.2) is 36.5 Å². The topological polar surface area (TPSA) is 152 Å². The summed E-state index contributed by atoms with van der Waals surface area (Å²) < 4.78 is 1.41. The highest BCUT2D eigenvalue weighted by Crippen LogP contribution is 2.30. The van der Waals surface area contributed by atoms with Crippen LogP contribution in [0.4, 0.5) is 11.5 Å². The van der Waals surface area contributed by atoms with Crippen molar-refractivity contribution in [1.82, 2.24) is 25.3 Å². The van der Waals surface area contributed by atoms with Crippen molar-refractivity contribution in [1.29, 1.82) is 0 Å². The monoisotopic (exact) mass is 525 g/mol. The number of hydrogen-bond donors (Lipinski definition) is 3. The van der Waals surface area contributed by atoms with Crippen LogP contribution in [-0.4, -0.2) is 69.0 Å². The summed E-state index contributed by atoms with van der Waals surface area (Å²) in [5.41, 5.74) is 0.337. The summed E-state index contributed by atoms with van der Waals surface area (Å²) in [6.07, 6.45) is 7.52. The quantitative estimate of drug-likeness (QED) is 0.336. The summed E-state index contributed by atoms with van der Waals surface area (Å²) in [6, 6.07) is 5.74. The predicted octanol–water partition coefficient (Wildman–Crippen LogP) is 2.38. The molecule has 1 unspecified atom stereocenters. The number of hydrogen-bond acceptors (Lipinski definition) is 7. The van der Waals surface area contributed by atoms with Crippen LogP contribution in [0.5, 0.6) is 0 Å². The zero-order valence-electron chi connectivity index (χ0n) is 21.8. The first kappa shape index (κ1) is 27.2. The maximum atomic E-state index is 13.8. The molecule has 204 valence electrons. The van der Waals surface area contributed by atoms with Crippen LogP contribution in [0, 0.1) is 16.0 Å². The molecular formula is C26H35N7O5. The van der Waals surface area contributed by atoms with Crippen LogP contribution in [-0.2, 0) is 14.4 Å². The minimum Gasteiger partial charge on any atom is -0.343 e. The van der Waals surface area contributed by atoms with E-state index in [1.165, 1.54) is 23.0 Å². The molecule has 3 amide bonds. The number of anilines is 1. The minimum atomic E-state index is -0.694. The van der Waals surface area contributed by atoms with Gasteiger partial charge in [-0.2, -0.15) is 5.10 Å². The fourth-order valence-electron chi connectivity index (χ4n) is 5.29. The Kier molecular flexibility index (Phi) is 8.72. The number of nitro groups is 1. The second-order valence-corrected chi connectivity index (χ2v) is 9.98. The normalized spacial score (nSPS) is 19.5. The van der Waals surface area contributed by atoms with E-state index >= 15 is 0 Å². The lowest BCUT2D eigenvalue weighted by atomic mass is 9.83. The van der Waals surface area contributed by atoms with Crippen molar-refractivity contribution >= 4 is 29.2 Å². The third kappa shape index (κ3) is 6.01. The van der Waals surface area contributed by atoms with Gasteiger partial charge in [0.1, 0.15) is 17.9 Å². The Balaban J connectivity index is 1.51. The molecule has 2 aromatic rings. The van der Waals surface area contributed by atoms with Crippen molar-refractivity contribution < 1.29 is 19.3 Å². The maximum absolute atomic E-state index is 13.8. The number of nitrogens with zero attached hydrogens (tertiary/aromatic N) is 4. The lowest BCUT2D eigenvalue weighted by Gasteiger charge is -2.35. The van der Waals surface area contributed by atoms with E-state index in [1.54, 1.807) is 37.1 Å². The largest absolute Gasteiger partial charge is 0.343 e. The van der Waals surface area contributed by atoms with E-state index in [0.29, 0.717) is 30.9 Å². The van der Waals surface area contributed by atoms with Gasteiger partial charge < -0.3 is 20.9 Å². The summed E-state index contributed by atoms with van der Waals surface area (Å²) >= 11 is 0. The van der Waals surface area contributed by atoms with E-state index in [4.69, 9.17) is 0 Å². The highest BCUT2D eigenvalue weighted by molar-refractivity contribution is 5.98. The minimum absolute atomic E-state index is 0.0314. The number of rotatable bonds is 9. The van der Waals surface area contributed by atoms with Crippen LogP contribution < -0.4 is 16.0 Å². The molecule has 12 heteroatoms. The van der Waals surface area contributed by atoms with Crippen LogP contribution in [0.25, 0.3) is 5.69 Å². The van der Waals surface area contributed by atoms with Crippen molar-refractivity contribution in [3.05, 3.63) is 46.6 Å². The van der Waals surface area contributed by atoms with Crippen molar-refractivity contribution in [3.63, 3.8) is 0 Å². The fourth-order valence-corrected chi connectivity index (χ4v) is 5.29. The Bertz CT molecular complexity index is 1180. The Labute approximate surface area is 221 Å². The number of nitrogens with one attached hydrogen (secondary N) is 3. The molecule has 38 heavy (non-hydrogen) atoms. The number of carbonyl (C=O) groups is 3. The fraction of sp³-hybridized carbons (Fsp3) is 0.538. The summed E-state index contributed by atoms with van der Waals surface area (Å²) in [7, 11) is 1.70. The molecule has 1 aromatic carbocycles. The van der Waals surface area contributed by atoms with Crippen LogP contribution in [0.1, 0.15) is 51.9 Å². The van der Waals surface area contributed by atoms with Crippen molar-refractivity contribution in [2.75, 3.05) is 18.9 Å². The second-order valence-electron chi connectivity index (χ2n) is 9.98. The molecule has 0 spiro atoms. The van der Waals surface area contributed by atoms with E-state index in [9.17, 15) is 24.5 Å². The number of likely N-dealkylation sites (tertiary alicyclic amines) is 1. The van der Waals surface area contributed by atoms with Crippen molar-refractivity contribution in [2.24, 2.45) is 5.92 Å². The highest BCUT2D eigenvalue weighted by atomic mass is 16.6. The first-order chi connectivity index (χ1) is 18.3. The molecule has 4 rings (SSSR count). The van der Waals surface area contributed by atoms with Gasteiger partial charge >= 0.3 is 0 Å². The first-order valence-electron chi connectivity index (χ1n) is 13.2. The molecule has 1 aromatic heterocycles. The van der Waals surface area contributed by atoms with Gasteiger partial charge in [-0.3, -0.25) is 24.5 Å². The van der Waals surface area contributed by atoms with Crippen LogP contribution in [0.2, 0.25) is 0 Å². The van der Waals surface area contributed by atoms with Gasteiger partial charge in [0, 0.05) is 24.7 Å². The van der Waals surface area contributed by atoms with Gasteiger partial charge in [-0.15, -0.1) is 0 Å². The number of non-ortho nitro benzene ring substituents is 1. The van der Waals surface area contributed by atoms with E-state index in [0.717, 1.165) is 32.1 Å². The molecule has 0 radical (unpaired) electrons. The molecule has 3 N–H and O–H groups in total. The van der Waals surface area contributed by atoms with E-state index in [2.05, 4.69) is 21.0 Å².